The molecular formula is C18H14Cl2O4. The van der Waals surface area contributed by atoms with Gasteiger partial charge in [-0.3, -0.25) is 4.79 Å². The second kappa shape index (κ2) is 8.52. The first-order chi connectivity index (χ1) is 11.5. The van der Waals surface area contributed by atoms with Crippen LogP contribution in [0.5, 0.6) is 5.75 Å². The number of benzene rings is 2. The van der Waals surface area contributed by atoms with Gasteiger partial charge in [-0.1, -0.05) is 35.3 Å². The lowest BCUT2D eigenvalue weighted by Gasteiger charge is -2.05. The van der Waals surface area contributed by atoms with Gasteiger partial charge in [0.05, 0.1) is 17.2 Å². The molecule has 0 aliphatic carbocycles. The van der Waals surface area contributed by atoms with Crippen LogP contribution in [-0.4, -0.2) is 25.5 Å². The third-order valence-electron chi connectivity index (χ3n) is 3.12. The van der Waals surface area contributed by atoms with E-state index in [2.05, 4.69) is 4.74 Å². The van der Waals surface area contributed by atoms with Crippen molar-refractivity contribution in [2.45, 2.75) is 0 Å². The van der Waals surface area contributed by atoms with Gasteiger partial charge in [0.25, 0.3) is 0 Å². The number of carbonyl (C=O) groups is 2. The Morgan fingerprint density at radius 1 is 1.08 bits per heavy atom. The molecule has 0 unspecified atom stereocenters. The Bertz CT molecular complexity index is 767. The average Bonchev–Trinajstić information content (AvgIpc) is 2.61. The van der Waals surface area contributed by atoms with E-state index in [-0.39, 0.29) is 12.4 Å². The number of hydrogen-bond acceptors (Lipinski definition) is 4. The first kappa shape index (κ1) is 18.0. The quantitative estimate of drug-likeness (QED) is 0.431. The van der Waals surface area contributed by atoms with Crippen LogP contribution in [0.4, 0.5) is 0 Å². The number of allylic oxidation sites excluding steroid dienone is 1. The van der Waals surface area contributed by atoms with Crippen molar-refractivity contribution in [3.63, 3.8) is 0 Å². The van der Waals surface area contributed by atoms with Gasteiger partial charge in [0, 0.05) is 5.56 Å². The summed E-state index contributed by atoms with van der Waals surface area (Å²) in [6.07, 6.45) is 3.03. The van der Waals surface area contributed by atoms with Crippen molar-refractivity contribution < 1.29 is 19.1 Å². The Morgan fingerprint density at radius 2 is 1.79 bits per heavy atom. The number of methoxy groups -OCH3 is 1. The molecule has 6 heteroatoms. The maximum Gasteiger partial charge on any atom is 0.343 e. The Labute approximate surface area is 149 Å². The summed E-state index contributed by atoms with van der Waals surface area (Å²) in [5.74, 6) is -0.194. The van der Waals surface area contributed by atoms with E-state index in [1.165, 1.54) is 13.2 Å². The van der Waals surface area contributed by atoms with Crippen molar-refractivity contribution in [2.24, 2.45) is 0 Å². The highest BCUT2D eigenvalue weighted by Crippen LogP contribution is 2.26. The van der Waals surface area contributed by atoms with Gasteiger partial charge in [-0.2, -0.15) is 0 Å². The number of ketones is 1. The fourth-order valence-corrected chi connectivity index (χ4v) is 2.20. The molecule has 124 valence electrons. The lowest BCUT2D eigenvalue weighted by atomic mass is 10.1. The summed E-state index contributed by atoms with van der Waals surface area (Å²) in [4.78, 5) is 23.2. The van der Waals surface area contributed by atoms with Gasteiger partial charge >= 0.3 is 5.97 Å². The van der Waals surface area contributed by atoms with E-state index in [1.807, 2.05) is 0 Å². The predicted molar refractivity (Wildman–Crippen MR) is 93.8 cm³/mol. The number of hydrogen-bond donors (Lipinski definition) is 0. The monoisotopic (exact) mass is 364 g/mol. The summed E-state index contributed by atoms with van der Waals surface area (Å²) in [7, 11) is 1.28. The number of carbonyl (C=O) groups excluding carboxylic acids is 2. The van der Waals surface area contributed by atoms with E-state index >= 15 is 0 Å². The van der Waals surface area contributed by atoms with E-state index in [4.69, 9.17) is 27.9 Å². The summed E-state index contributed by atoms with van der Waals surface area (Å²) in [5, 5.41) is 0.827. The van der Waals surface area contributed by atoms with Gasteiger partial charge in [0.15, 0.2) is 12.4 Å². The van der Waals surface area contributed by atoms with Crippen LogP contribution in [0.1, 0.15) is 15.9 Å². The lowest BCUT2D eigenvalue weighted by molar-refractivity contribution is -0.142. The summed E-state index contributed by atoms with van der Waals surface area (Å²) in [5.41, 5.74) is 1.14. The SMILES string of the molecule is COC(=O)COc1ccc(C(=O)/C=C/c2cccc(Cl)c2Cl)cc1. The topological polar surface area (TPSA) is 52.6 Å². The highest BCUT2D eigenvalue weighted by atomic mass is 35.5. The third-order valence-corrected chi connectivity index (χ3v) is 3.95. The van der Waals surface area contributed by atoms with Crippen LogP contribution in [0, 0.1) is 0 Å². The van der Waals surface area contributed by atoms with Crippen LogP contribution in [-0.2, 0) is 9.53 Å². The van der Waals surface area contributed by atoms with Gasteiger partial charge < -0.3 is 9.47 Å². The zero-order valence-electron chi connectivity index (χ0n) is 12.8. The molecule has 0 saturated carbocycles. The maximum atomic E-state index is 12.2. The second-order valence-corrected chi connectivity index (χ2v) is 5.51. The van der Waals surface area contributed by atoms with Gasteiger partial charge in [-0.15, -0.1) is 0 Å². The van der Waals surface area contributed by atoms with Crippen molar-refractivity contribution >= 4 is 41.0 Å². The first-order valence-corrected chi connectivity index (χ1v) is 7.73. The fraction of sp³-hybridized carbons (Fsp3) is 0.111. The van der Waals surface area contributed by atoms with Gasteiger partial charge in [0.1, 0.15) is 5.75 Å². The first-order valence-electron chi connectivity index (χ1n) is 6.97. The normalized spacial score (nSPS) is 10.6. The van der Waals surface area contributed by atoms with E-state index in [9.17, 15) is 9.59 Å². The molecule has 0 atom stereocenters. The molecule has 0 radical (unpaired) electrons. The second-order valence-electron chi connectivity index (χ2n) is 4.73. The molecule has 0 fully saturated rings. The molecular weight excluding hydrogens is 351 g/mol. The Balaban J connectivity index is 2.03. The molecule has 0 spiro atoms. The molecule has 0 heterocycles. The largest absolute Gasteiger partial charge is 0.482 e. The Morgan fingerprint density at radius 3 is 2.46 bits per heavy atom. The van der Waals surface area contributed by atoms with Gasteiger partial charge in [-0.25, -0.2) is 4.79 Å². The molecule has 2 aromatic carbocycles. The number of rotatable bonds is 6. The van der Waals surface area contributed by atoms with Crippen molar-refractivity contribution in [2.75, 3.05) is 13.7 Å². The Hall–Kier alpha value is -2.30. The fourth-order valence-electron chi connectivity index (χ4n) is 1.83. The smallest absolute Gasteiger partial charge is 0.343 e. The lowest BCUT2D eigenvalue weighted by Crippen LogP contribution is -2.12. The van der Waals surface area contributed by atoms with E-state index < -0.39 is 5.97 Å². The summed E-state index contributed by atoms with van der Waals surface area (Å²) >= 11 is 12.0. The van der Waals surface area contributed by atoms with Crippen LogP contribution in [0.25, 0.3) is 6.08 Å². The summed E-state index contributed by atoms with van der Waals surface area (Å²) < 4.78 is 9.69. The minimum Gasteiger partial charge on any atom is -0.482 e. The molecule has 0 aliphatic rings. The van der Waals surface area contributed by atoms with E-state index in [0.29, 0.717) is 26.9 Å². The standard InChI is InChI=1S/C18H14Cl2O4/c1-23-17(22)11-24-14-8-5-12(6-9-14)16(21)10-7-13-3-2-4-15(19)18(13)20/h2-10H,11H2,1H3/b10-7+. The molecule has 2 rings (SSSR count). The Kier molecular flexibility index (Phi) is 6.41. The van der Waals surface area contributed by atoms with Crippen LogP contribution in [0.15, 0.2) is 48.5 Å². The maximum absolute atomic E-state index is 12.2. The van der Waals surface area contributed by atoms with Gasteiger partial charge in [0.2, 0.25) is 0 Å². The third kappa shape index (κ3) is 4.85. The zero-order chi connectivity index (χ0) is 17.5. The average molecular weight is 365 g/mol. The minimum absolute atomic E-state index is 0.184. The molecule has 4 nitrogen and oxygen atoms in total. The number of ether oxygens (including phenoxy) is 2. The molecule has 0 bridgehead atoms. The molecule has 24 heavy (non-hydrogen) atoms. The van der Waals surface area contributed by atoms with Crippen LogP contribution < -0.4 is 4.74 Å². The van der Waals surface area contributed by atoms with E-state index in [1.54, 1.807) is 48.5 Å². The molecule has 0 N–H and O–H groups in total. The van der Waals surface area contributed by atoms with Gasteiger partial charge in [-0.05, 0) is 48.0 Å². The van der Waals surface area contributed by atoms with Crippen molar-refractivity contribution in [1.82, 2.24) is 0 Å². The molecule has 2 aromatic rings. The summed E-state index contributed by atoms with van der Waals surface area (Å²) in [6, 6.07) is 11.6. The highest BCUT2D eigenvalue weighted by Gasteiger charge is 2.06. The zero-order valence-corrected chi connectivity index (χ0v) is 14.3. The van der Waals surface area contributed by atoms with Crippen LogP contribution >= 0.6 is 23.2 Å². The molecule has 0 aliphatic heterocycles. The molecule has 0 amide bonds. The van der Waals surface area contributed by atoms with Crippen molar-refractivity contribution in [3.05, 3.63) is 69.7 Å². The summed E-state index contributed by atoms with van der Waals surface area (Å²) in [6.45, 7) is -0.184. The van der Waals surface area contributed by atoms with Crippen LogP contribution in [0.3, 0.4) is 0 Å². The highest BCUT2D eigenvalue weighted by molar-refractivity contribution is 6.42. The molecule has 0 saturated heterocycles. The predicted octanol–water partition coefficient (Wildman–Crippen LogP) is 4.44. The van der Waals surface area contributed by atoms with Crippen LogP contribution in [0.2, 0.25) is 10.0 Å². The number of halogens is 2. The minimum atomic E-state index is -0.475. The number of esters is 1. The van der Waals surface area contributed by atoms with Crippen molar-refractivity contribution in [1.29, 1.82) is 0 Å². The van der Waals surface area contributed by atoms with Crippen molar-refractivity contribution in [3.8, 4) is 5.75 Å². The molecule has 0 aromatic heterocycles. The van der Waals surface area contributed by atoms with E-state index in [0.717, 1.165) is 0 Å².